The molecule has 11 heteroatoms. The Morgan fingerprint density at radius 1 is 1.18 bits per heavy atom. The second kappa shape index (κ2) is 14.3. The van der Waals surface area contributed by atoms with Crippen molar-refractivity contribution in [2.75, 3.05) is 25.0 Å². The van der Waals surface area contributed by atoms with Gasteiger partial charge in [-0.25, -0.2) is 19.2 Å². The number of halogens is 1. The first kappa shape index (κ1) is 30.5. The molecule has 1 unspecified atom stereocenters. The second-order valence-electron chi connectivity index (χ2n) is 9.23. The Morgan fingerprint density at radius 2 is 1.92 bits per heavy atom. The van der Waals surface area contributed by atoms with E-state index in [0.29, 0.717) is 22.8 Å². The van der Waals surface area contributed by atoms with E-state index in [1.54, 1.807) is 46.9 Å². The summed E-state index contributed by atoms with van der Waals surface area (Å²) in [6.45, 7) is 13.5. The number of carbonyl (C=O) groups is 2. The Kier molecular flexibility index (Phi) is 11.4. The third kappa shape index (κ3) is 8.97. The highest BCUT2D eigenvalue weighted by Crippen LogP contribution is 2.23. The molecule has 0 bridgehead atoms. The molecular weight excluding hydrogens is 493 g/mol. The first-order chi connectivity index (χ1) is 18.1. The van der Waals surface area contributed by atoms with Gasteiger partial charge in [-0.15, -0.1) is 0 Å². The quantitative estimate of drug-likeness (QED) is 0.344. The number of nitrogens with one attached hydrogen (secondary N) is 1. The highest BCUT2D eigenvalue weighted by molar-refractivity contribution is 5.83. The molecule has 3 aromatic heterocycles. The first-order valence-electron chi connectivity index (χ1n) is 12.8. The van der Waals surface area contributed by atoms with Gasteiger partial charge in [-0.1, -0.05) is 20.8 Å². The molecule has 0 aliphatic carbocycles. The average Bonchev–Trinajstić information content (AvgIpc) is 3.30. The van der Waals surface area contributed by atoms with E-state index in [9.17, 15) is 14.0 Å². The molecule has 0 radical (unpaired) electrons. The molecule has 0 saturated heterocycles. The Morgan fingerprint density at radius 3 is 2.58 bits per heavy atom. The number of amides is 1. The van der Waals surface area contributed by atoms with Gasteiger partial charge in [0.15, 0.2) is 22.8 Å². The Hall–Kier alpha value is -3.76. The topological polar surface area (TPSA) is 120 Å². The van der Waals surface area contributed by atoms with E-state index < -0.39 is 23.4 Å². The molecular formula is C27H38FN5O5. The van der Waals surface area contributed by atoms with Crippen LogP contribution in [0.15, 0.2) is 35.0 Å². The lowest BCUT2D eigenvalue weighted by Crippen LogP contribution is -2.42. The van der Waals surface area contributed by atoms with Crippen molar-refractivity contribution in [1.29, 1.82) is 0 Å². The molecule has 0 saturated carbocycles. The fraction of sp³-hybridized carbons (Fsp3) is 0.519. The van der Waals surface area contributed by atoms with Crippen LogP contribution in [0.3, 0.4) is 0 Å². The maximum atomic E-state index is 13.9. The molecule has 0 aromatic carbocycles. The van der Waals surface area contributed by atoms with Crippen molar-refractivity contribution in [2.24, 2.45) is 5.92 Å². The Labute approximate surface area is 222 Å². The highest BCUT2D eigenvalue weighted by Gasteiger charge is 2.27. The van der Waals surface area contributed by atoms with Gasteiger partial charge in [-0.3, -0.25) is 9.78 Å². The minimum atomic E-state index is -0.695. The van der Waals surface area contributed by atoms with E-state index in [1.807, 2.05) is 13.8 Å². The van der Waals surface area contributed by atoms with Gasteiger partial charge < -0.3 is 24.1 Å². The Balaban J connectivity index is 0.00000247. The number of hydrogen-bond donors (Lipinski definition) is 1. The predicted octanol–water partition coefficient (Wildman–Crippen LogP) is 5.37. The molecule has 0 aliphatic heterocycles. The van der Waals surface area contributed by atoms with E-state index >= 15 is 0 Å². The van der Waals surface area contributed by atoms with Crippen LogP contribution in [-0.4, -0.2) is 57.2 Å². The number of hydrogen-bond acceptors (Lipinski definition) is 9. The number of nitrogens with zero attached hydrogens (tertiary/aromatic N) is 4. The summed E-state index contributed by atoms with van der Waals surface area (Å²) in [4.78, 5) is 39.2. The maximum Gasteiger partial charge on any atom is 0.410 e. The number of rotatable bonds is 10. The molecule has 3 aromatic rings. The molecule has 0 spiro atoms. The second-order valence-corrected chi connectivity index (χ2v) is 9.23. The summed E-state index contributed by atoms with van der Waals surface area (Å²) in [6, 6.07) is 4.54. The number of pyridine rings is 2. The van der Waals surface area contributed by atoms with Crippen LogP contribution in [0.1, 0.15) is 60.1 Å². The van der Waals surface area contributed by atoms with Crippen molar-refractivity contribution in [3.63, 3.8) is 0 Å². The summed E-state index contributed by atoms with van der Waals surface area (Å²) < 4.78 is 30.4. The van der Waals surface area contributed by atoms with Gasteiger partial charge in [-0.05, 0) is 39.8 Å². The molecule has 3 rings (SSSR count). The van der Waals surface area contributed by atoms with E-state index in [4.69, 9.17) is 13.9 Å². The third-order valence-electron chi connectivity index (χ3n) is 5.04. The molecule has 1 N–H and O–H groups in total. The standard InChI is InChI=1S/C25H32FN5O5.C2H6/c1-6-34-23(32)16(2)15-31(24(33)36-25(3,4)5)13-10-20-30-21-19(35-20)9-12-28-22(21)29-14-18-17(26)8-7-11-27-18;1-2/h7-9,11-12,16H,6,10,13-15H2,1-5H3,(H,28,29);1-2H3. The van der Waals surface area contributed by atoms with Crippen molar-refractivity contribution in [3.05, 3.63) is 48.0 Å². The molecule has 0 fully saturated rings. The molecule has 10 nitrogen and oxygen atoms in total. The number of aromatic nitrogens is 3. The van der Waals surface area contributed by atoms with Gasteiger partial charge in [0.1, 0.15) is 11.4 Å². The fourth-order valence-corrected chi connectivity index (χ4v) is 3.36. The number of esters is 1. The number of ether oxygens (including phenoxy) is 2. The Bertz CT molecular complexity index is 1190. The van der Waals surface area contributed by atoms with Crippen LogP contribution in [0.25, 0.3) is 11.1 Å². The van der Waals surface area contributed by atoms with E-state index in [-0.39, 0.29) is 44.3 Å². The highest BCUT2D eigenvalue weighted by atomic mass is 19.1. The van der Waals surface area contributed by atoms with Crippen LogP contribution in [0.4, 0.5) is 15.0 Å². The molecule has 1 atom stereocenters. The van der Waals surface area contributed by atoms with Crippen LogP contribution in [-0.2, 0) is 27.2 Å². The summed E-state index contributed by atoms with van der Waals surface area (Å²) in [7, 11) is 0. The largest absolute Gasteiger partial charge is 0.466 e. The fourth-order valence-electron chi connectivity index (χ4n) is 3.36. The van der Waals surface area contributed by atoms with Crippen molar-refractivity contribution in [1.82, 2.24) is 19.9 Å². The molecule has 208 valence electrons. The summed E-state index contributed by atoms with van der Waals surface area (Å²) in [5.74, 6) is -0.542. The molecule has 0 aliphatic rings. The van der Waals surface area contributed by atoms with Gasteiger partial charge in [0.05, 0.1) is 24.8 Å². The lowest BCUT2D eigenvalue weighted by Gasteiger charge is -2.28. The summed E-state index contributed by atoms with van der Waals surface area (Å²) in [5, 5.41) is 3.05. The normalized spacial score (nSPS) is 11.8. The van der Waals surface area contributed by atoms with E-state index in [2.05, 4.69) is 20.3 Å². The third-order valence-corrected chi connectivity index (χ3v) is 5.04. The van der Waals surface area contributed by atoms with Crippen LogP contribution >= 0.6 is 0 Å². The van der Waals surface area contributed by atoms with Gasteiger partial charge in [-0.2, -0.15) is 0 Å². The minimum Gasteiger partial charge on any atom is -0.466 e. The SMILES string of the molecule is CC.CCOC(=O)C(C)CN(CCc1nc2c(NCc3ncccc3F)nccc2o1)C(=O)OC(C)(C)C. The maximum absolute atomic E-state index is 13.9. The number of oxazole rings is 1. The molecule has 1 amide bonds. The smallest absolute Gasteiger partial charge is 0.410 e. The van der Waals surface area contributed by atoms with Crippen LogP contribution in [0, 0.1) is 11.7 Å². The van der Waals surface area contributed by atoms with Crippen LogP contribution in [0.2, 0.25) is 0 Å². The van der Waals surface area contributed by atoms with Crippen molar-refractivity contribution >= 4 is 29.0 Å². The number of anilines is 1. The van der Waals surface area contributed by atoms with Crippen molar-refractivity contribution < 1.29 is 27.9 Å². The van der Waals surface area contributed by atoms with Crippen LogP contribution in [0.5, 0.6) is 0 Å². The number of carbonyl (C=O) groups excluding carboxylic acids is 2. The molecule has 38 heavy (non-hydrogen) atoms. The zero-order chi connectivity index (χ0) is 28.3. The van der Waals surface area contributed by atoms with Gasteiger partial charge in [0.25, 0.3) is 0 Å². The summed E-state index contributed by atoms with van der Waals surface area (Å²) in [6.07, 6.45) is 2.80. The zero-order valence-electron chi connectivity index (χ0n) is 23.2. The van der Waals surface area contributed by atoms with Gasteiger partial charge >= 0.3 is 12.1 Å². The number of fused-ring (bicyclic) bond motifs is 1. The van der Waals surface area contributed by atoms with Gasteiger partial charge in [0.2, 0.25) is 0 Å². The summed E-state index contributed by atoms with van der Waals surface area (Å²) in [5.41, 5.74) is 0.531. The molecule has 3 heterocycles. The monoisotopic (exact) mass is 531 g/mol. The minimum absolute atomic E-state index is 0.123. The lowest BCUT2D eigenvalue weighted by molar-refractivity contribution is -0.147. The van der Waals surface area contributed by atoms with Crippen molar-refractivity contribution in [3.8, 4) is 0 Å². The lowest BCUT2D eigenvalue weighted by atomic mass is 10.1. The zero-order valence-corrected chi connectivity index (χ0v) is 23.2. The summed E-state index contributed by atoms with van der Waals surface area (Å²) >= 11 is 0. The van der Waals surface area contributed by atoms with Crippen LogP contribution < -0.4 is 5.32 Å². The van der Waals surface area contributed by atoms with E-state index in [0.717, 1.165) is 0 Å². The van der Waals surface area contributed by atoms with E-state index in [1.165, 1.54) is 23.2 Å². The first-order valence-corrected chi connectivity index (χ1v) is 12.8. The van der Waals surface area contributed by atoms with Gasteiger partial charge in [0, 0.05) is 38.0 Å². The van der Waals surface area contributed by atoms with Crippen molar-refractivity contribution in [2.45, 2.75) is 67.0 Å². The predicted molar refractivity (Wildman–Crippen MR) is 142 cm³/mol. The average molecular weight is 532 g/mol.